The van der Waals surface area contributed by atoms with E-state index < -0.39 is 0 Å². The highest BCUT2D eigenvalue weighted by molar-refractivity contribution is 5.56. The van der Waals surface area contributed by atoms with Crippen molar-refractivity contribution in [1.82, 2.24) is 0 Å². The highest BCUT2D eigenvalue weighted by Crippen LogP contribution is 2.35. The number of benzene rings is 1. The van der Waals surface area contributed by atoms with Crippen LogP contribution in [0.1, 0.15) is 43.7 Å². The molecule has 16 heavy (non-hydrogen) atoms. The normalized spacial score (nSPS) is 21.3. The SMILES string of the molecule is CC(Nc1cccc2c1CCCC2)C1CC1. The average Bonchev–Trinajstić information content (AvgIpc) is 3.13. The zero-order valence-corrected chi connectivity index (χ0v) is 10.1. The molecule has 1 fully saturated rings. The molecule has 1 aromatic rings. The summed E-state index contributed by atoms with van der Waals surface area (Å²) < 4.78 is 0. The number of fused-ring (bicyclic) bond motifs is 1. The van der Waals surface area contributed by atoms with E-state index in [-0.39, 0.29) is 0 Å². The summed E-state index contributed by atoms with van der Waals surface area (Å²) in [5.74, 6) is 0.930. The second kappa shape index (κ2) is 4.12. The van der Waals surface area contributed by atoms with Crippen LogP contribution >= 0.6 is 0 Å². The summed E-state index contributed by atoms with van der Waals surface area (Å²) in [5.41, 5.74) is 4.59. The van der Waals surface area contributed by atoms with Gasteiger partial charge in [-0.3, -0.25) is 0 Å². The van der Waals surface area contributed by atoms with Crippen LogP contribution in [0.2, 0.25) is 0 Å². The van der Waals surface area contributed by atoms with Gasteiger partial charge in [0.25, 0.3) is 0 Å². The lowest BCUT2D eigenvalue weighted by molar-refractivity contribution is 0.671. The molecule has 1 aromatic carbocycles. The van der Waals surface area contributed by atoms with E-state index in [9.17, 15) is 0 Å². The maximum absolute atomic E-state index is 3.73. The fourth-order valence-corrected chi connectivity index (χ4v) is 2.88. The predicted octanol–water partition coefficient (Wildman–Crippen LogP) is 3.78. The molecule has 0 radical (unpaired) electrons. The van der Waals surface area contributed by atoms with Gasteiger partial charge in [0.2, 0.25) is 0 Å². The Morgan fingerprint density at radius 3 is 2.81 bits per heavy atom. The Bertz CT molecular complexity index is 379. The van der Waals surface area contributed by atoms with Crippen molar-refractivity contribution in [3.63, 3.8) is 0 Å². The number of hydrogen-bond acceptors (Lipinski definition) is 1. The van der Waals surface area contributed by atoms with Crippen LogP contribution in [-0.4, -0.2) is 6.04 Å². The molecule has 0 spiro atoms. The van der Waals surface area contributed by atoms with E-state index in [4.69, 9.17) is 0 Å². The second-order valence-corrected chi connectivity index (χ2v) is 5.42. The van der Waals surface area contributed by atoms with Gasteiger partial charge in [-0.15, -0.1) is 0 Å². The smallest absolute Gasteiger partial charge is 0.0377 e. The molecule has 1 saturated carbocycles. The van der Waals surface area contributed by atoms with Gasteiger partial charge in [0.05, 0.1) is 0 Å². The molecule has 0 bridgehead atoms. The molecule has 1 heteroatoms. The Kier molecular flexibility index (Phi) is 2.62. The summed E-state index contributed by atoms with van der Waals surface area (Å²) in [4.78, 5) is 0. The zero-order valence-electron chi connectivity index (χ0n) is 10.1. The second-order valence-electron chi connectivity index (χ2n) is 5.42. The monoisotopic (exact) mass is 215 g/mol. The van der Waals surface area contributed by atoms with Crippen molar-refractivity contribution >= 4 is 5.69 Å². The number of anilines is 1. The van der Waals surface area contributed by atoms with Gasteiger partial charge < -0.3 is 5.32 Å². The third kappa shape index (κ3) is 1.95. The van der Waals surface area contributed by atoms with Gasteiger partial charge >= 0.3 is 0 Å². The van der Waals surface area contributed by atoms with Gasteiger partial charge in [0, 0.05) is 11.7 Å². The van der Waals surface area contributed by atoms with Crippen molar-refractivity contribution in [1.29, 1.82) is 0 Å². The molecule has 1 atom stereocenters. The molecule has 0 amide bonds. The molecule has 0 saturated heterocycles. The molecule has 2 aliphatic rings. The molecule has 3 rings (SSSR count). The van der Waals surface area contributed by atoms with Crippen molar-refractivity contribution in [3.8, 4) is 0 Å². The standard InChI is InChI=1S/C15H21N/c1-11(12-9-10-12)16-15-8-4-6-13-5-2-3-7-14(13)15/h4,6,8,11-12,16H,2-3,5,7,9-10H2,1H3. The van der Waals surface area contributed by atoms with Crippen LogP contribution in [0.25, 0.3) is 0 Å². The van der Waals surface area contributed by atoms with Gasteiger partial charge in [-0.05, 0) is 68.6 Å². The Morgan fingerprint density at radius 1 is 1.19 bits per heavy atom. The Morgan fingerprint density at radius 2 is 2.00 bits per heavy atom. The molecule has 2 aliphatic carbocycles. The molecule has 86 valence electrons. The van der Waals surface area contributed by atoms with Crippen LogP contribution in [0.4, 0.5) is 5.69 Å². The first-order valence-corrected chi connectivity index (χ1v) is 6.72. The minimum atomic E-state index is 0.661. The van der Waals surface area contributed by atoms with Crippen LogP contribution in [0, 0.1) is 5.92 Å². The number of rotatable bonds is 3. The summed E-state index contributed by atoms with van der Waals surface area (Å²) in [6.45, 7) is 2.33. The van der Waals surface area contributed by atoms with E-state index in [0.717, 1.165) is 5.92 Å². The molecule has 0 aromatic heterocycles. The molecule has 0 aliphatic heterocycles. The fraction of sp³-hybridized carbons (Fsp3) is 0.600. The first kappa shape index (κ1) is 10.2. The third-order valence-corrected chi connectivity index (χ3v) is 4.11. The summed E-state index contributed by atoms with van der Waals surface area (Å²) in [7, 11) is 0. The van der Waals surface area contributed by atoms with E-state index in [1.165, 1.54) is 44.2 Å². The highest BCUT2D eigenvalue weighted by atomic mass is 14.9. The van der Waals surface area contributed by atoms with Gasteiger partial charge in [0.15, 0.2) is 0 Å². The lowest BCUT2D eigenvalue weighted by Gasteiger charge is -2.22. The van der Waals surface area contributed by atoms with Gasteiger partial charge in [-0.1, -0.05) is 12.1 Å². The van der Waals surface area contributed by atoms with E-state index >= 15 is 0 Å². The van der Waals surface area contributed by atoms with Crippen molar-refractivity contribution < 1.29 is 0 Å². The van der Waals surface area contributed by atoms with Crippen LogP contribution in [0.3, 0.4) is 0 Å². The first-order chi connectivity index (χ1) is 7.84. The third-order valence-electron chi connectivity index (χ3n) is 4.11. The van der Waals surface area contributed by atoms with Crippen LogP contribution in [-0.2, 0) is 12.8 Å². The van der Waals surface area contributed by atoms with Crippen LogP contribution in [0.15, 0.2) is 18.2 Å². The van der Waals surface area contributed by atoms with Gasteiger partial charge in [-0.2, -0.15) is 0 Å². The van der Waals surface area contributed by atoms with Crippen molar-refractivity contribution in [3.05, 3.63) is 29.3 Å². The topological polar surface area (TPSA) is 12.0 Å². The maximum atomic E-state index is 3.73. The van der Waals surface area contributed by atoms with E-state index in [2.05, 4.69) is 30.4 Å². The number of aryl methyl sites for hydroxylation is 1. The Balaban J connectivity index is 1.82. The molecule has 1 unspecified atom stereocenters. The quantitative estimate of drug-likeness (QED) is 0.809. The Hall–Kier alpha value is -0.980. The number of hydrogen-bond donors (Lipinski definition) is 1. The molecule has 1 N–H and O–H groups in total. The highest BCUT2D eigenvalue weighted by Gasteiger charge is 2.28. The lowest BCUT2D eigenvalue weighted by Crippen LogP contribution is -2.19. The minimum absolute atomic E-state index is 0.661. The Labute approximate surface area is 98.3 Å². The zero-order chi connectivity index (χ0) is 11.0. The number of nitrogens with one attached hydrogen (secondary N) is 1. The molecular formula is C15H21N. The average molecular weight is 215 g/mol. The fourth-order valence-electron chi connectivity index (χ4n) is 2.88. The van der Waals surface area contributed by atoms with Crippen molar-refractivity contribution in [2.24, 2.45) is 5.92 Å². The van der Waals surface area contributed by atoms with Crippen LogP contribution < -0.4 is 5.32 Å². The summed E-state index contributed by atoms with van der Waals surface area (Å²) in [5, 5.41) is 3.73. The van der Waals surface area contributed by atoms with Gasteiger partial charge in [0.1, 0.15) is 0 Å². The summed E-state index contributed by atoms with van der Waals surface area (Å²) >= 11 is 0. The maximum Gasteiger partial charge on any atom is 0.0377 e. The predicted molar refractivity (Wildman–Crippen MR) is 68.9 cm³/mol. The summed E-state index contributed by atoms with van der Waals surface area (Å²) in [6.07, 6.45) is 8.13. The van der Waals surface area contributed by atoms with E-state index in [1.807, 2.05) is 0 Å². The van der Waals surface area contributed by atoms with Crippen molar-refractivity contribution in [2.45, 2.75) is 51.5 Å². The van der Waals surface area contributed by atoms with Crippen molar-refractivity contribution in [2.75, 3.05) is 5.32 Å². The van der Waals surface area contributed by atoms with Gasteiger partial charge in [-0.25, -0.2) is 0 Å². The largest absolute Gasteiger partial charge is 0.382 e. The molecular weight excluding hydrogens is 194 g/mol. The van der Waals surface area contributed by atoms with E-state index in [1.54, 1.807) is 11.1 Å². The molecule has 1 nitrogen and oxygen atoms in total. The lowest BCUT2D eigenvalue weighted by atomic mass is 9.90. The van der Waals surface area contributed by atoms with E-state index in [0.29, 0.717) is 6.04 Å². The summed E-state index contributed by atoms with van der Waals surface area (Å²) in [6, 6.07) is 7.45. The van der Waals surface area contributed by atoms with Crippen LogP contribution in [0.5, 0.6) is 0 Å². The molecule has 0 heterocycles. The first-order valence-electron chi connectivity index (χ1n) is 6.72. The minimum Gasteiger partial charge on any atom is -0.382 e.